The van der Waals surface area contributed by atoms with Gasteiger partial charge in [0.05, 0.1) is 0 Å². The van der Waals surface area contributed by atoms with Crippen LogP contribution in [-0.2, 0) is 12.8 Å². The van der Waals surface area contributed by atoms with Crippen LogP contribution in [-0.4, -0.2) is 10.2 Å². The molecule has 0 aromatic heterocycles. The zero-order valence-electron chi connectivity index (χ0n) is 11.1. The molecule has 0 radical (unpaired) electrons. The van der Waals surface area contributed by atoms with E-state index >= 15 is 0 Å². The molecule has 0 aliphatic heterocycles. The van der Waals surface area contributed by atoms with Gasteiger partial charge in [-0.2, -0.15) is 0 Å². The van der Waals surface area contributed by atoms with Crippen molar-refractivity contribution < 1.29 is 10.2 Å². The summed E-state index contributed by atoms with van der Waals surface area (Å²) < 4.78 is 0. The van der Waals surface area contributed by atoms with E-state index in [4.69, 9.17) is 0 Å². The zero-order valence-corrected chi connectivity index (χ0v) is 11.1. The summed E-state index contributed by atoms with van der Waals surface area (Å²) in [5, 5.41) is 19.5. The summed E-state index contributed by atoms with van der Waals surface area (Å²) in [6.45, 7) is 5.71. The van der Waals surface area contributed by atoms with Crippen molar-refractivity contribution in [2.24, 2.45) is 0 Å². The van der Waals surface area contributed by atoms with Crippen LogP contribution in [0.1, 0.15) is 18.1 Å². The van der Waals surface area contributed by atoms with Gasteiger partial charge < -0.3 is 10.2 Å². The van der Waals surface area contributed by atoms with E-state index in [-0.39, 0.29) is 5.75 Å². The molecule has 0 amide bonds. The van der Waals surface area contributed by atoms with Crippen LogP contribution in [0.2, 0.25) is 0 Å². The van der Waals surface area contributed by atoms with Gasteiger partial charge in [-0.1, -0.05) is 25.1 Å². The van der Waals surface area contributed by atoms with E-state index in [2.05, 4.69) is 6.58 Å². The van der Waals surface area contributed by atoms with Gasteiger partial charge in [-0.25, -0.2) is 0 Å². The predicted octanol–water partition coefficient (Wildman–Crippen LogP) is 4.06. The fourth-order valence-electron chi connectivity index (χ4n) is 2.13. The fraction of sp³-hybridized carbons (Fsp3) is 0.176. The van der Waals surface area contributed by atoms with Crippen molar-refractivity contribution in [2.75, 3.05) is 0 Å². The molecule has 19 heavy (non-hydrogen) atoms. The first-order chi connectivity index (χ1) is 9.15. The molecule has 98 valence electrons. The van der Waals surface area contributed by atoms with Crippen LogP contribution in [0.4, 0.5) is 0 Å². The first kappa shape index (κ1) is 13.2. The Balaban J connectivity index is 2.46. The van der Waals surface area contributed by atoms with Gasteiger partial charge in [0, 0.05) is 0 Å². The number of hydrogen-bond donors (Lipinski definition) is 2. The van der Waals surface area contributed by atoms with Crippen molar-refractivity contribution in [3.8, 4) is 22.6 Å². The van der Waals surface area contributed by atoms with Crippen molar-refractivity contribution in [1.82, 2.24) is 0 Å². The number of rotatable bonds is 4. The standard InChI is InChI=1S/C17H18O2/c1-3-5-15-11-14(7-9-17(15)19)13-6-8-16(18)12(4-2)10-13/h3,6-11,18-19H,1,4-5H2,2H3. The Kier molecular flexibility index (Phi) is 3.91. The lowest BCUT2D eigenvalue weighted by Gasteiger charge is -2.09. The average Bonchev–Trinajstić information content (AvgIpc) is 2.42. The Labute approximate surface area is 113 Å². The van der Waals surface area contributed by atoms with Gasteiger partial charge in [-0.05, 0) is 59.4 Å². The highest BCUT2D eigenvalue weighted by atomic mass is 16.3. The molecule has 2 heteroatoms. The minimum Gasteiger partial charge on any atom is -0.508 e. The summed E-state index contributed by atoms with van der Waals surface area (Å²) in [4.78, 5) is 0. The second-order valence-electron chi connectivity index (χ2n) is 4.53. The number of phenolic OH excluding ortho intramolecular Hbond substituents is 2. The van der Waals surface area contributed by atoms with Gasteiger partial charge in [0.15, 0.2) is 0 Å². The van der Waals surface area contributed by atoms with Gasteiger partial charge in [0.1, 0.15) is 11.5 Å². The molecule has 0 fully saturated rings. The quantitative estimate of drug-likeness (QED) is 0.808. The van der Waals surface area contributed by atoms with E-state index in [1.165, 1.54) is 0 Å². The summed E-state index contributed by atoms with van der Waals surface area (Å²) in [6, 6.07) is 11.1. The Morgan fingerprint density at radius 2 is 1.47 bits per heavy atom. The molecule has 0 spiro atoms. The highest BCUT2D eigenvalue weighted by Crippen LogP contribution is 2.29. The second-order valence-corrected chi connectivity index (χ2v) is 4.53. The Bertz CT molecular complexity index is 600. The van der Waals surface area contributed by atoms with Crippen molar-refractivity contribution >= 4 is 0 Å². The normalized spacial score (nSPS) is 10.4. The lowest BCUT2D eigenvalue weighted by Crippen LogP contribution is -1.87. The zero-order chi connectivity index (χ0) is 13.8. The number of aryl methyl sites for hydroxylation is 1. The number of hydrogen-bond acceptors (Lipinski definition) is 2. The molecule has 2 aromatic rings. The minimum atomic E-state index is 0.290. The van der Waals surface area contributed by atoms with Crippen LogP contribution in [0.5, 0.6) is 11.5 Å². The summed E-state index contributed by atoms with van der Waals surface area (Å²) in [5.41, 5.74) is 3.86. The molecule has 2 rings (SSSR count). The maximum atomic E-state index is 9.77. The maximum absolute atomic E-state index is 9.77. The summed E-state index contributed by atoms with van der Waals surface area (Å²) >= 11 is 0. The number of benzene rings is 2. The molecule has 0 aliphatic carbocycles. The first-order valence-corrected chi connectivity index (χ1v) is 6.40. The maximum Gasteiger partial charge on any atom is 0.119 e. The third-order valence-electron chi connectivity index (χ3n) is 3.24. The Morgan fingerprint density at radius 1 is 0.947 bits per heavy atom. The second kappa shape index (κ2) is 5.61. The molecule has 0 saturated carbocycles. The lowest BCUT2D eigenvalue weighted by molar-refractivity contribution is 0.468. The number of allylic oxidation sites excluding steroid dienone is 1. The molecule has 0 saturated heterocycles. The molecule has 0 heterocycles. The topological polar surface area (TPSA) is 40.5 Å². The molecule has 2 N–H and O–H groups in total. The molecule has 2 aromatic carbocycles. The first-order valence-electron chi connectivity index (χ1n) is 6.40. The third-order valence-corrected chi connectivity index (χ3v) is 3.24. The predicted molar refractivity (Wildman–Crippen MR) is 78.5 cm³/mol. The van der Waals surface area contributed by atoms with Gasteiger partial charge in [-0.15, -0.1) is 6.58 Å². The number of phenols is 2. The van der Waals surface area contributed by atoms with Gasteiger partial charge in [-0.3, -0.25) is 0 Å². The highest BCUT2D eigenvalue weighted by Gasteiger charge is 2.06. The van der Waals surface area contributed by atoms with Crippen LogP contribution < -0.4 is 0 Å². The largest absolute Gasteiger partial charge is 0.508 e. The van der Waals surface area contributed by atoms with E-state index in [0.717, 1.165) is 28.7 Å². The van der Waals surface area contributed by atoms with Gasteiger partial charge in [0.25, 0.3) is 0 Å². The highest BCUT2D eigenvalue weighted by molar-refractivity contribution is 5.67. The summed E-state index contributed by atoms with van der Waals surface area (Å²) in [7, 11) is 0. The molecule has 0 atom stereocenters. The Morgan fingerprint density at radius 3 is 2.00 bits per heavy atom. The van der Waals surface area contributed by atoms with E-state index in [9.17, 15) is 10.2 Å². The smallest absolute Gasteiger partial charge is 0.119 e. The van der Waals surface area contributed by atoms with E-state index in [1.807, 2.05) is 31.2 Å². The Hall–Kier alpha value is -2.22. The van der Waals surface area contributed by atoms with E-state index in [0.29, 0.717) is 12.2 Å². The molecule has 2 nitrogen and oxygen atoms in total. The van der Waals surface area contributed by atoms with Crippen molar-refractivity contribution in [1.29, 1.82) is 0 Å². The van der Waals surface area contributed by atoms with Crippen molar-refractivity contribution in [2.45, 2.75) is 19.8 Å². The van der Waals surface area contributed by atoms with Gasteiger partial charge >= 0.3 is 0 Å². The minimum absolute atomic E-state index is 0.290. The summed E-state index contributed by atoms with van der Waals surface area (Å²) in [6.07, 6.45) is 3.20. The van der Waals surface area contributed by atoms with Gasteiger partial charge in [0.2, 0.25) is 0 Å². The molecular weight excluding hydrogens is 236 g/mol. The van der Waals surface area contributed by atoms with Crippen LogP contribution in [0.15, 0.2) is 49.1 Å². The molecule has 0 unspecified atom stereocenters. The van der Waals surface area contributed by atoms with Crippen LogP contribution in [0.25, 0.3) is 11.1 Å². The third kappa shape index (κ3) is 2.79. The van der Waals surface area contributed by atoms with E-state index in [1.54, 1.807) is 18.2 Å². The monoisotopic (exact) mass is 254 g/mol. The lowest BCUT2D eigenvalue weighted by atomic mass is 9.98. The van der Waals surface area contributed by atoms with Crippen LogP contribution >= 0.6 is 0 Å². The van der Waals surface area contributed by atoms with E-state index < -0.39 is 0 Å². The number of aromatic hydroxyl groups is 2. The molecular formula is C17H18O2. The van der Waals surface area contributed by atoms with Crippen molar-refractivity contribution in [3.63, 3.8) is 0 Å². The fourth-order valence-corrected chi connectivity index (χ4v) is 2.13. The SMILES string of the molecule is C=CCc1cc(-c2ccc(O)c(CC)c2)ccc1O. The van der Waals surface area contributed by atoms with Crippen LogP contribution in [0, 0.1) is 0 Å². The van der Waals surface area contributed by atoms with Crippen LogP contribution in [0.3, 0.4) is 0 Å². The van der Waals surface area contributed by atoms with Crippen molar-refractivity contribution in [3.05, 3.63) is 60.2 Å². The average molecular weight is 254 g/mol. The molecule has 0 aliphatic rings. The molecule has 0 bridgehead atoms. The summed E-state index contributed by atoms with van der Waals surface area (Å²) in [5.74, 6) is 0.620.